The highest BCUT2D eigenvalue weighted by molar-refractivity contribution is 5.89. The third-order valence-electron chi connectivity index (χ3n) is 5.65. The molecule has 1 N–H and O–H groups in total. The number of phenolic OH excluding ortho intramolecular Hbond substituents is 1. The van der Waals surface area contributed by atoms with Crippen LogP contribution < -0.4 is 10.2 Å². The highest BCUT2D eigenvalue weighted by Gasteiger charge is 2.25. The molecule has 3 aromatic rings. The van der Waals surface area contributed by atoms with E-state index in [0.29, 0.717) is 46.4 Å². The Labute approximate surface area is 170 Å². The number of fused-ring (bicyclic) bond motifs is 1. The van der Waals surface area contributed by atoms with E-state index in [2.05, 4.69) is 18.7 Å². The molecule has 29 heavy (non-hydrogen) atoms. The van der Waals surface area contributed by atoms with Crippen LogP contribution in [0.1, 0.15) is 25.8 Å². The Morgan fingerprint density at radius 3 is 2.48 bits per heavy atom. The van der Waals surface area contributed by atoms with Crippen molar-refractivity contribution in [2.75, 3.05) is 20.2 Å². The molecule has 1 aliphatic heterocycles. The Morgan fingerprint density at radius 1 is 1.14 bits per heavy atom. The number of ether oxygens (including phenoxy) is 1. The lowest BCUT2D eigenvalue weighted by atomic mass is 9.91. The fourth-order valence-corrected chi connectivity index (χ4v) is 4.54. The molecule has 0 bridgehead atoms. The van der Waals surface area contributed by atoms with Crippen LogP contribution in [-0.4, -0.2) is 30.2 Å². The average Bonchev–Trinajstić information content (AvgIpc) is 2.69. The summed E-state index contributed by atoms with van der Waals surface area (Å²) in [5.74, 6) is 2.09. The largest absolute Gasteiger partial charge is 0.507 e. The van der Waals surface area contributed by atoms with Crippen molar-refractivity contribution in [1.29, 1.82) is 0 Å². The summed E-state index contributed by atoms with van der Waals surface area (Å²) in [4.78, 5) is 15.3. The van der Waals surface area contributed by atoms with Crippen LogP contribution in [-0.2, 0) is 6.54 Å². The molecule has 0 aliphatic carbocycles. The minimum absolute atomic E-state index is 0.0913. The summed E-state index contributed by atoms with van der Waals surface area (Å²) in [5, 5.41) is 11.1. The van der Waals surface area contributed by atoms with Gasteiger partial charge in [-0.25, -0.2) is 0 Å². The van der Waals surface area contributed by atoms with Gasteiger partial charge in [0, 0.05) is 37.3 Å². The topological polar surface area (TPSA) is 62.9 Å². The Kier molecular flexibility index (Phi) is 5.33. The molecule has 5 heteroatoms. The first kappa shape index (κ1) is 19.5. The molecule has 152 valence electrons. The van der Waals surface area contributed by atoms with E-state index in [1.807, 2.05) is 30.3 Å². The molecule has 2 atom stereocenters. The van der Waals surface area contributed by atoms with Crippen LogP contribution in [0.4, 0.5) is 0 Å². The van der Waals surface area contributed by atoms with Crippen molar-refractivity contribution in [3.05, 3.63) is 58.3 Å². The number of methoxy groups -OCH3 is 1. The number of aromatic hydroxyl groups is 1. The molecule has 2 aromatic carbocycles. The second-order valence-electron chi connectivity index (χ2n) is 8.26. The number of phenols is 1. The number of likely N-dealkylation sites (tertiary alicyclic amines) is 1. The third-order valence-corrected chi connectivity index (χ3v) is 5.65. The predicted molar refractivity (Wildman–Crippen MR) is 114 cm³/mol. The molecular formula is C24H27NO4. The van der Waals surface area contributed by atoms with Crippen molar-refractivity contribution in [2.45, 2.75) is 26.8 Å². The summed E-state index contributed by atoms with van der Waals surface area (Å²) in [6.45, 7) is 6.95. The maximum atomic E-state index is 13.0. The number of nitrogens with zero attached hydrogens (tertiary/aromatic N) is 1. The molecule has 2 heterocycles. The van der Waals surface area contributed by atoms with Gasteiger partial charge >= 0.3 is 0 Å². The lowest BCUT2D eigenvalue weighted by Crippen LogP contribution is -2.38. The van der Waals surface area contributed by atoms with Crippen LogP contribution in [0, 0.1) is 11.8 Å². The molecule has 0 unspecified atom stereocenters. The van der Waals surface area contributed by atoms with Gasteiger partial charge in [-0.1, -0.05) is 44.2 Å². The van der Waals surface area contributed by atoms with Crippen molar-refractivity contribution in [2.24, 2.45) is 11.8 Å². The first-order chi connectivity index (χ1) is 14.0. The van der Waals surface area contributed by atoms with Gasteiger partial charge in [0.05, 0.1) is 12.7 Å². The fourth-order valence-electron chi connectivity index (χ4n) is 4.54. The molecule has 5 nitrogen and oxygen atoms in total. The highest BCUT2D eigenvalue weighted by Crippen LogP contribution is 2.37. The van der Waals surface area contributed by atoms with Gasteiger partial charge in [0.25, 0.3) is 0 Å². The molecule has 1 aromatic heterocycles. The van der Waals surface area contributed by atoms with E-state index in [1.54, 1.807) is 0 Å². The predicted octanol–water partition coefficient (Wildman–Crippen LogP) is 4.65. The van der Waals surface area contributed by atoms with Gasteiger partial charge in [0.1, 0.15) is 22.6 Å². The van der Waals surface area contributed by atoms with Crippen molar-refractivity contribution < 1.29 is 14.3 Å². The normalized spacial score (nSPS) is 20.1. The van der Waals surface area contributed by atoms with E-state index in [0.717, 1.165) is 18.7 Å². The summed E-state index contributed by atoms with van der Waals surface area (Å²) in [7, 11) is 1.49. The summed E-state index contributed by atoms with van der Waals surface area (Å²) in [6, 6.07) is 12.5. The van der Waals surface area contributed by atoms with Crippen molar-refractivity contribution >= 4 is 11.0 Å². The molecule has 0 spiro atoms. The van der Waals surface area contributed by atoms with Gasteiger partial charge in [-0.15, -0.1) is 0 Å². The first-order valence-corrected chi connectivity index (χ1v) is 10.1. The highest BCUT2D eigenvalue weighted by atomic mass is 16.5. The standard InChI is InChI=1S/C24H27NO4/c1-15-9-16(2)13-25(12-15)14-18-19(26)10-22(28-3)23-20(27)11-21(29-24(18)23)17-7-5-4-6-8-17/h4-8,10-11,15-16,26H,9,12-14H2,1-3H3/t15-,16+. The van der Waals surface area contributed by atoms with Crippen LogP contribution in [0.5, 0.6) is 11.5 Å². The van der Waals surface area contributed by atoms with Crippen LogP contribution in [0.3, 0.4) is 0 Å². The summed E-state index contributed by atoms with van der Waals surface area (Å²) in [6.07, 6.45) is 1.21. The zero-order chi connectivity index (χ0) is 20.5. The average molecular weight is 393 g/mol. The second-order valence-corrected chi connectivity index (χ2v) is 8.26. The smallest absolute Gasteiger partial charge is 0.197 e. The monoisotopic (exact) mass is 393 g/mol. The van der Waals surface area contributed by atoms with Gasteiger partial charge < -0.3 is 14.3 Å². The molecule has 1 saturated heterocycles. The van der Waals surface area contributed by atoms with Crippen LogP contribution in [0.2, 0.25) is 0 Å². The van der Waals surface area contributed by atoms with E-state index in [1.165, 1.54) is 25.7 Å². The van der Waals surface area contributed by atoms with Gasteiger partial charge in [-0.3, -0.25) is 9.69 Å². The van der Waals surface area contributed by atoms with Gasteiger partial charge in [0.2, 0.25) is 0 Å². The molecule has 1 aliphatic rings. The lowest BCUT2D eigenvalue weighted by Gasteiger charge is -2.35. The van der Waals surface area contributed by atoms with Crippen molar-refractivity contribution in [1.82, 2.24) is 4.90 Å². The lowest BCUT2D eigenvalue weighted by molar-refractivity contribution is 0.133. The van der Waals surface area contributed by atoms with Crippen LogP contribution >= 0.6 is 0 Å². The zero-order valence-electron chi connectivity index (χ0n) is 17.1. The van der Waals surface area contributed by atoms with E-state index in [-0.39, 0.29) is 11.2 Å². The van der Waals surface area contributed by atoms with Crippen molar-refractivity contribution in [3.8, 4) is 22.8 Å². The Morgan fingerprint density at radius 2 is 1.83 bits per heavy atom. The number of hydrogen-bond donors (Lipinski definition) is 1. The van der Waals surface area contributed by atoms with E-state index < -0.39 is 0 Å². The minimum atomic E-state index is -0.177. The number of benzene rings is 2. The van der Waals surface area contributed by atoms with E-state index >= 15 is 0 Å². The Bertz CT molecular complexity index is 1060. The molecule has 4 rings (SSSR count). The maximum absolute atomic E-state index is 13.0. The van der Waals surface area contributed by atoms with Crippen LogP contribution in [0.15, 0.2) is 51.7 Å². The Balaban J connectivity index is 1.87. The maximum Gasteiger partial charge on any atom is 0.197 e. The number of piperidine rings is 1. The van der Waals surface area contributed by atoms with Crippen LogP contribution in [0.25, 0.3) is 22.3 Å². The third kappa shape index (κ3) is 3.87. The first-order valence-electron chi connectivity index (χ1n) is 10.1. The quantitative estimate of drug-likeness (QED) is 0.699. The summed E-state index contributed by atoms with van der Waals surface area (Å²) < 4.78 is 11.6. The molecule has 0 saturated carbocycles. The molecule has 0 radical (unpaired) electrons. The number of hydrogen-bond acceptors (Lipinski definition) is 5. The molecule has 0 amide bonds. The van der Waals surface area contributed by atoms with Crippen molar-refractivity contribution in [3.63, 3.8) is 0 Å². The van der Waals surface area contributed by atoms with Gasteiger partial charge in [0.15, 0.2) is 11.0 Å². The minimum Gasteiger partial charge on any atom is -0.507 e. The fraction of sp³-hybridized carbons (Fsp3) is 0.375. The molecular weight excluding hydrogens is 366 g/mol. The van der Waals surface area contributed by atoms with Gasteiger partial charge in [-0.2, -0.15) is 0 Å². The van der Waals surface area contributed by atoms with E-state index in [9.17, 15) is 9.90 Å². The zero-order valence-corrected chi connectivity index (χ0v) is 17.1. The summed E-state index contributed by atoms with van der Waals surface area (Å²) >= 11 is 0. The second kappa shape index (κ2) is 7.91. The van der Waals surface area contributed by atoms with E-state index in [4.69, 9.17) is 9.15 Å². The van der Waals surface area contributed by atoms with Gasteiger partial charge in [-0.05, 0) is 18.3 Å². The molecule has 1 fully saturated rings. The summed E-state index contributed by atoms with van der Waals surface area (Å²) in [5.41, 5.74) is 1.68. The Hall–Kier alpha value is -2.79. The SMILES string of the molecule is COc1cc(O)c(CN2C[C@H](C)C[C@H](C)C2)c2oc(-c3ccccc3)cc(=O)c12. The number of rotatable bonds is 4.